The molecule has 0 unspecified atom stereocenters. The van der Waals surface area contributed by atoms with E-state index in [1.165, 1.54) is 16.3 Å². The SMILES string of the molecule is c1ccc(-n2c3ccccc3c3ccc(-c4ccc5oc6ccc(-c7ccc8c9nnncc9n(-c9ccccc9)c8c7)nc6c5n4)cc32)cc1. The molecule has 0 radical (unpaired) electrons. The minimum absolute atomic E-state index is 0.693. The van der Waals surface area contributed by atoms with E-state index in [2.05, 4.69) is 122 Å². The highest BCUT2D eigenvalue weighted by molar-refractivity contribution is 6.11. The van der Waals surface area contributed by atoms with Crippen LogP contribution in [0.5, 0.6) is 0 Å². The maximum absolute atomic E-state index is 6.25. The average Bonchev–Trinajstić information content (AvgIpc) is 3.85. The molecule has 0 saturated heterocycles. The molecular weight excluding hydrogens is 631 g/mol. The summed E-state index contributed by atoms with van der Waals surface area (Å²) in [5.41, 5.74) is 13.6. The Labute approximate surface area is 289 Å². The first-order valence-electron chi connectivity index (χ1n) is 16.8. The fourth-order valence-electron chi connectivity index (χ4n) is 7.50. The van der Waals surface area contributed by atoms with E-state index in [9.17, 15) is 0 Å². The number of benzene rings is 5. The summed E-state index contributed by atoms with van der Waals surface area (Å²) in [5, 5.41) is 15.8. The minimum Gasteiger partial charge on any atom is -0.453 e. The third kappa shape index (κ3) is 4.17. The first-order valence-corrected chi connectivity index (χ1v) is 16.8. The van der Waals surface area contributed by atoms with Crippen molar-refractivity contribution in [2.45, 2.75) is 0 Å². The lowest BCUT2D eigenvalue weighted by Crippen LogP contribution is -1.95. The molecule has 0 saturated carbocycles. The second-order valence-corrected chi connectivity index (χ2v) is 12.7. The predicted molar refractivity (Wildman–Crippen MR) is 202 cm³/mol. The summed E-state index contributed by atoms with van der Waals surface area (Å²) < 4.78 is 10.7. The van der Waals surface area contributed by atoms with Crippen LogP contribution in [0.25, 0.3) is 99.8 Å². The van der Waals surface area contributed by atoms with Gasteiger partial charge in [0, 0.05) is 38.7 Å². The van der Waals surface area contributed by atoms with Gasteiger partial charge in [0.05, 0.1) is 39.7 Å². The van der Waals surface area contributed by atoms with Gasteiger partial charge in [-0.2, -0.15) is 0 Å². The summed E-state index contributed by atoms with van der Waals surface area (Å²) in [4.78, 5) is 10.3. The molecule has 0 bridgehead atoms. The standard InChI is InChI=1S/C43H25N7O/c1-3-9-28(10-4-1)49-35-14-8-7-13-30(35)31-17-15-26(23-36(31)49)33-19-21-39-42(45-33)43-40(51-39)22-20-34(46-43)27-16-18-32-37(24-27)50(29-11-5-2-6-12-29)38-25-44-48-47-41(32)38/h1-25H. The van der Waals surface area contributed by atoms with Crippen LogP contribution in [0.3, 0.4) is 0 Å². The average molecular weight is 656 g/mol. The lowest BCUT2D eigenvalue weighted by molar-refractivity contribution is 0.667. The lowest BCUT2D eigenvalue weighted by Gasteiger charge is -2.08. The molecule has 0 aliphatic carbocycles. The van der Waals surface area contributed by atoms with Gasteiger partial charge in [0.2, 0.25) is 0 Å². The summed E-state index contributed by atoms with van der Waals surface area (Å²) in [6, 6.07) is 50.2. The Morgan fingerprint density at radius 2 is 0.980 bits per heavy atom. The smallest absolute Gasteiger partial charge is 0.155 e. The zero-order valence-electron chi connectivity index (χ0n) is 27.0. The highest BCUT2D eigenvalue weighted by Gasteiger charge is 2.18. The number of aromatic nitrogens is 7. The van der Waals surface area contributed by atoms with Gasteiger partial charge < -0.3 is 13.6 Å². The van der Waals surface area contributed by atoms with Crippen LogP contribution in [0.2, 0.25) is 0 Å². The number of fused-ring (bicyclic) bond motifs is 9. The third-order valence-electron chi connectivity index (χ3n) is 9.81. The Bertz CT molecular complexity index is 2930. The van der Waals surface area contributed by atoms with Gasteiger partial charge in [-0.3, -0.25) is 0 Å². The van der Waals surface area contributed by atoms with Crippen LogP contribution in [0.4, 0.5) is 0 Å². The monoisotopic (exact) mass is 655 g/mol. The third-order valence-corrected chi connectivity index (χ3v) is 9.81. The molecule has 238 valence electrons. The number of rotatable bonds is 4. The van der Waals surface area contributed by atoms with Crippen LogP contribution < -0.4 is 0 Å². The maximum Gasteiger partial charge on any atom is 0.155 e. The molecule has 0 spiro atoms. The Morgan fingerprint density at radius 3 is 1.65 bits per heavy atom. The van der Waals surface area contributed by atoms with Crippen molar-refractivity contribution in [1.29, 1.82) is 0 Å². The molecule has 0 fully saturated rings. The van der Waals surface area contributed by atoms with E-state index in [0.717, 1.165) is 72.4 Å². The van der Waals surface area contributed by atoms with E-state index < -0.39 is 0 Å². The molecule has 0 aliphatic rings. The molecule has 0 atom stereocenters. The Kier molecular flexibility index (Phi) is 5.79. The van der Waals surface area contributed by atoms with Crippen molar-refractivity contribution in [2.75, 3.05) is 0 Å². The summed E-state index contributed by atoms with van der Waals surface area (Å²) in [5.74, 6) is 0. The van der Waals surface area contributed by atoms with Crippen molar-refractivity contribution in [2.24, 2.45) is 0 Å². The number of pyridine rings is 2. The largest absolute Gasteiger partial charge is 0.453 e. The van der Waals surface area contributed by atoms with Gasteiger partial charge in [-0.25, -0.2) is 9.97 Å². The fourth-order valence-corrected chi connectivity index (χ4v) is 7.50. The normalized spacial score (nSPS) is 11.9. The summed E-state index contributed by atoms with van der Waals surface area (Å²) in [7, 11) is 0. The van der Waals surface area contributed by atoms with E-state index in [4.69, 9.17) is 14.4 Å². The molecule has 11 rings (SSSR count). The fraction of sp³-hybridized carbons (Fsp3) is 0. The predicted octanol–water partition coefficient (Wildman–Crippen LogP) is 10.1. The van der Waals surface area contributed by atoms with E-state index in [1.807, 2.05) is 48.5 Å². The highest BCUT2D eigenvalue weighted by atomic mass is 16.3. The zero-order valence-corrected chi connectivity index (χ0v) is 27.0. The molecule has 6 heterocycles. The van der Waals surface area contributed by atoms with Crippen molar-refractivity contribution < 1.29 is 4.42 Å². The molecule has 5 aromatic carbocycles. The van der Waals surface area contributed by atoms with Crippen LogP contribution in [-0.2, 0) is 0 Å². The second kappa shape index (κ2) is 10.7. The molecule has 0 N–H and O–H groups in total. The minimum atomic E-state index is 0.693. The van der Waals surface area contributed by atoms with Crippen LogP contribution in [-0.4, -0.2) is 34.5 Å². The van der Waals surface area contributed by atoms with Gasteiger partial charge in [-0.05, 0) is 78.0 Å². The quantitative estimate of drug-likeness (QED) is 0.188. The van der Waals surface area contributed by atoms with Gasteiger partial charge in [-0.1, -0.05) is 72.8 Å². The van der Waals surface area contributed by atoms with E-state index in [1.54, 1.807) is 6.20 Å². The Morgan fingerprint density at radius 1 is 0.431 bits per heavy atom. The van der Waals surface area contributed by atoms with Gasteiger partial charge in [-0.15, -0.1) is 10.2 Å². The Hall–Kier alpha value is -7.19. The second-order valence-electron chi connectivity index (χ2n) is 12.7. The van der Waals surface area contributed by atoms with Crippen molar-refractivity contribution in [3.63, 3.8) is 0 Å². The number of nitrogens with zero attached hydrogens (tertiary/aromatic N) is 7. The molecule has 8 nitrogen and oxygen atoms in total. The van der Waals surface area contributed by atoms with Crippen molar-refractivity contribution in [1.82, 2.24) is 34.5 Å². The number of hydrogen-bond acceptors (Lipinski definition) is 6. The van der Waals surface area contributed by atoms with E-state index in [-0.39, 0.29) is 0 Å². The van der Waals surface area contributed by atoms with Crippen molar-refractivity contribution >= 4 is 65.9 Å². The molecular formula is C43H25N7O. The molecule has 6 aromatic heterocycles. The maximum atomic E-state index is 6.25. The first kappa shape index (κ1) is 27.7. The first-order chi connectivity index (χ1) is 25.3. The lowest BCUT2D eigenvalue weighted by atomic mass is 10.1. The van der Waals surface area contributed by atoms with Gasteiger partial charge >= 0.3 is 0 Å². The van der Waals surface area contributed by atoms with E-state index >= 15 is 0 Å². The highest BCUT2D eigenvalue weighted by Crippen LogP contribution is 2.37. The molecule has 8 heteroatoms. The zero-order chi connectivity index (χ0) is 33.5. The summed E-state index contributed by atoms with van der Waals surface area (Å²) in [6.45, 7) is 0. The number of hydrogen-bond donors (Lipinski definition) is 0. The number of furan rings is 1. The number of para-hydroxylation sites is 3. The Balaban J connectivity index is 1.07. The summed E-state index contributed by atoms with van der Waals surface area (Å²) in [6.07, 6.45) is 1.76. The van der Waals surface area contributed by atoms with E-state index in [0.29, 0.717) is 11.2 Å². The van der Waals surface area contributed by atoms with Crippen molar-refractivity contribution in [3.05, 3.63) is 152 Å². The van der Waals surface area contributed by atoms with Gasteiger partial charge in [0.1, 0.15) is 16.6 Å². The molecule has 0 aliphatic heterocycles. The van der Waals surface area contributed by atoms with Gasteiger partial charge in [0.25, 0.3) is 0 Å². The molecule has 0 amide bonds. The van der Waals surface area contributed by atoms with Crippen LogP contribution >= 0.6 is 0 Å². The van der Waals surface area contributed by atoms with Crippen LogP contribution in [0, 0.1) is 0 Å². The van der Waals surface area contributed by atoms with Crippen molar-refractivity contribution in [3.8, 4) is 33.9 Å². The topological polar surface area (TPSA) is 87.5 Å². The van der Waals surface area contributed by atoms with Crippen LogP contribution in [0.1, 0.15) is 0 Å². The molecule has 51 heavy (non-hydrogen) atoms. The van der Waals surface area contributed by atoms with Crippen LogP contribution in [0.15, 0.2) is 156 Å². The van der Waals surface area contributed by atoms with Gasteiger partial charge in [0.15, 0.2) is 11.2 Å². The molecule has 11 aromatic rings. The summed E-state index contributed by atoms with van der Waals surface area (Å²) >= 11 is 0.